The second-order valence-corrected chi connectivity index (χ2v) is 7.30. The largest absolute Gasteiger partial charge is 0.437 e. The summed E-state index contributed by atoms with van der Waals surface area (Å²) in [7, 11) is 0. The first-order valence-corrected chi connectivity index (χ1v) is 9.34. The van der Waals surface area contributed by atoms with Crippen LogP contribution in [-0.4, -0.2) is 5.78 Å². The van der Waals surface area contributed by atoms with Gasteiger partial charge in [0.05, 0.1) is 11.1 Å². The number of allylic oxidation sites excluding steroid dienone is 1. The van der Waals surface area contributed by atoms with Gasteiger partial charge < -0.3 is 10.5 Å². The van der Waals surface area contributed by atoms with Crippen LogP contribution in [0.3, 0.4) is 0 Å². The highest BCUT2D eigenvalue weighted by Gasteiger charge is 2.34. The standard InChI is InChI=1S/C23H15ClF3NO2/c1-12-4-2-5-13-8-9-17(24)16(19(12)13)11-18-21(29)20(22(28)30-18)14-6-3-7-15(10-14)23(25,26)27/h2-11H,28H2,1H3. The lowest BCUT2D eigenvalue weighted by Crippen LogP contribution is -2.07. The van der Waals surface area contributed by atoms with Crippen LogP contribution in [0.1, 0.15) is 22.3 Å². The molecule has 3 nitrogen and oxygen atoms in total. The maximum Gasteiger partial charge on any atom is 0.416 e. The second kappa shape index (κ2) is 7.22. The number of Topliss-reactive ketones (excluding diaryl/α,β-unsaturated/α-hetero) is 1. The van der Waals surface area contributed by atoms with Gasteiger partial charge in [0.2, 0.25) is 11.7 Å². The molecular formula is C23H15ClF3NO2. The van der Waals surface area contributed by atoms with E-state index in [1.165, 1.54) is 18.2 Å². The molecule has 0 bridgehead atoms. The first-order chi connectivity index (χ1) is 14.2. The molecule has 1 aliphatic heterocycles. The summed E-state index contributed by atoms with van der Waals surface area (Å²) in [6.07, 6.45) is -3.06. The summed E-state index contributed by atoms with van der Waals surface area (Å²) in [5, 5.41) is 2.18. The Bertz CT molecular complexity index is 1260. The SMILES string of the molecule is Cc1cccc2ccc(Cl)c(C=C3OC(N)=C(c4cccc(C(F)(F)F)c4)C3=O)c12. The van der Waals surface area contributed by atoms with E-state index in [1.54, 1.807) is 6.07 Å². The predicted octanol–water partition coefficient (Wildman–Crippen LogP) is 6.09. The molecule has 0 saturated heterocycles. The van der Waals surface area contributed by atoms with Crippen LogP contribution in [0.4, 0.5) is 13.2 Å². The fraction of sp³-hybridized carbons (Fsp3) is 0.0870. The Hall–Kier alpha value is -3.25. The molecule has 2 N–H and O–H groups in total. The third-order valence-corrected chi connectivity index (χ3v) is 5.24. The molecule has 0 atom stereocenters. The number of carbonyl (C=O) groups is 1. The molecule has 152 valence electrons. The van der Waals surface area contributed by atoms with Crippen LogP contribution in [0.2, 0.25) is 5.02 Å². The number of aryl methyl sites for hydroxylation is 1. The molecule has 0 fully saturated rings. The summed E-state index contributed by atoms with van der Waals surface area (Å²) in [4.78, 5) is 13.0. The summed E-state index contributed by atoms with van der Waals surface area (Å²) in [6, 6.07) is 13.7. The number of carbonyl (C=O) groups excluding carboxylic acids is 1. The molecule has 7 heteroatoms. The van der Waals surface area contributed by atoms with Gasteiger partial charge in [-0.15, -0.1) is 0 Å². The number of benzene rings is 3. The molecule has 0 amide bonds. The van der Waals surface area contributed by atoms with Crippen molar-refractivity contribution in [1.82, 2.24) is 0 Å². The molecule has 0 radical (unpaired) electrons. The van der Waals surface area contributed by atoms with Crippen molar-refractivity contribution < 1.29 is 22.7 Å². The topological polar surface area (TPSA) is 52.3 Å². The maximum atomic E-state index is 13.1. The summed E-state index contributed by atoms with van der Waals surface area (Å²) in [6.45, 7) is 1.92. The lowest BCUT2D eigenvalue weighted by atomic mass is 9.97. The fourth-order valence-corrected chi connectivity index (χ4v) is 3.72. The van der Waals surface area contributed by atoms with Gasteiger partial charge in [0.15, 0.2) is 5.76 Å². The van der Waals surface area contributed by atoms with Crippen molar-refractivity contribution in [3.63, 3.8) is 0 Å². The molecule has 3 aromatic carbocycles. The lowest BCUT2D eigenvalue weighted by molar-refractivity contribution is -0.137. The molecule has 0 unspecified atom stereocenters. The number of rotatable bonds is 2. The molecule has 0 aromatic heterocycles. The van der Waals surface area contributed by atoms with E-state index in [0.29, 0.717) is 10.6 Å². The molecule has 1 aliphatic rings. The Balaban J connectivity index is 1.80. The molecular weight excluding hydrogens is 415 g/mol. The van der Waals surface area contributed by atoms with Gasteiger partial charge in [-0.3, -0.25) is 4.79 Å². The number of hydrogen-bond donors (Lipinski definition) is 1. The summed E-state index contributed by atoms with van der Waals surface area (Å²) >= 11 is 6.38. The van der Waals surface area contributed by atoms with Crippen LogP contribution >= 0.6 is 11.6 Å². The van der Waals surface area contributed by atoms with Gasteiger partial charge >= 0.3 is 6.18 Å². The highest BCUT2D eigenvalue weighted by molar-refractivity contribution is 6.35. The number of halogens is 4. The van der Waals surface area contributed by atoms with Crippen LogP contribution in [0, 0.1) is 6.92 Å². The van der Waals surface area contributed by atoms with Gasteiger partial charge in [0.1, 0.15) is 0 Å². The quantitative estimate of drug-likeness (QED) is 0.502. The lowest BCUT2D eigenvalue weighted by Gasteiger charge is -2.09. The highest BCUT2D eigenvalue weighted by atomic mass is 35.5. The third-order valence-electron chi connectivity index (χ3n) is 4.91. The van der Waals surface area contributed by atoms with Crippen molar-refractivity contribution in [1.29, 1.82) is 0 Å². The third kappa shape index (κ3) is 3.44. The highest BCUT2D eigenvalue weighted by Crippen LogP contribution is 2.37. The normalized spacial score (nSPS) is 15.9. The molecule has 3 aromatic rings. The Morgan fingerprint density at radius 2 is 1.80 bits per heavy atom. The van der Waals surface area contributed by atoms with Gasteiger partial charge in [-0.1, -0.05) is 48.0 Å². The van der Waals surface area contributed by atoms with Crippen LogP contribution in [0.5, 0.6) is 0 Å². The van der Waals surface area contributed by atoms with E-state index in [-0.39, 0.29) is 22.8 Å². The number of fused-ring (bicyclic) bond motifs is 1. The van der Waals surface area contributed by atoms with Crippen LogP contribution in [0.15, 0.2) is 66.2 Å². The minimum atomic E-state index is -4.54. The average Bonchev–Trinajstić information content (AvgIpc) is 2.97. The Kier molecular flexibility index (Phi) is 4.82. The molecule has 30 heavy (non-hydrogen) atoms. The van der Waals surface area contributed by atoms with Crippen molar-refractivity contribution in [2.45, 2.75) is 13.1 Å². The fourth-order valence-electron chi connectivity index (χ4n) is 3.51. The van der Waals surface area contributed by atoms with E-state index in [0.717, 1.165) is 28.5 Å². The molecule has 0 aliphatic carbocycles. The number of nitrogens with two attached hydrogens (primary N) is 1. The Morgan fingerprint density at radius 3 is 2.53 bits per heavy atom. The van der Waals surface area contributed by atoms with Crippen LogP contribution in [0.25, 0.3) is 22.4 Å². The molecule has 1 heterocycles. The first-order valence-electron chi connectivity index (χ1n) is 8.96. The number of ether oxygens (including phenoxy) is 1. The summed E-state index contributed by atoms with van der Waals surface area (Å²) < 4.78 is 44.6. The zero-order valence-electron chi connectivity index (χ0n) is 15.7. The van der Waals surface area contributed by atoms with E-state index in [9.17, 15) is 18.0 Å². The van der Waals surface area contributed by atoms with Crippen molar-refractivity contribution >= 4 is 39.8 Å². The summed E-state index contributed by atoms with van der Waals surface area (Å²) in [5.74, 6) is -0.954. The van der Waals surface area contributed by atoms with Gasteiger partial charge in [0.25, 0.3) is 0 Å². The van der Waals surface area contributed by atoms with Crippen LogP contribution in [-0.2, 0) is 15.7 Å². The minimum absolute atomic E-state index is 0.0379. The van der Waals surface area contributed by atoms with Crippen LogP contribution < -0.4 is 5.73 Å². The second-order valence-electron chi connectivity index (χ2n) is 6.89. The maximum absolute atomic E-state index is 13.1. The van der Waals surface area contributed by atoms with Gasteiger partial charge in [0, 0.05) is 10.6 Å². The van der Waals surface area contributed by atoms with Crippen molar-refractivity contribution in [2.75, 3.05) is 0 Å². The summed E-state index contributed by atoms with van der Waals surface area (Å²) in [5.41, 5.74) is 6.45. The number of hydrogen-bond acceptors (Lipinski definition) is 3. The number of ketones is 1. The average molecular weight is 430 g/mol. The Labute approximate surface area is 175 Å². The van der Waals surface area contributed by atoms with Crippen molar-refractivity contribution in [2.24, 2.45) is 5.73 Å². The van der Waals surface area contributed by atoms with Gasteiger partial charge in [-0.25, -0.2) is 0 Å². The minimum Gasteiger partial charge on any atom is -0.437 e. The molecule has 4 rings (SSSR count). The molecule has 0 spiro atoms. The smallest absolute Gasteiger partial charge is 0.416 e. The zero-order chi connectivity index (χ0) is 21.6. The molecule has 0 saturated carbocycles. The van der Waals surface area contributed by atoms with E-state index in [1.807, 2.05) is 31.2 Å². The van der Waals surface area contributed by atoms with Gasteiger partial charge in [-0.2, -0.15) is 13.2 Å². The van der Waals surface area contributed by atoms with E-state index in [2.05, 4.69) is 0 Å². The first kappa shape index (κ1) is 20.0. The Morgan fingerprint density at radius 1 is 1.07 bits per heavy atom. The van der Waals surface area contributed by atoms with E-state index < -0.39 is 17.5 Å². The van der Waals surface area contributed by atoms with E-state index in [4.69, 9.17) is 22.1 Å². The monoisotopic (exact) mass is 429 g/mol. The van der Waals surface area contributed by atoms with E-state index >= 15 is 0 Å². The van der Waals surface area contributed by atoms with Gasteiger partial charge in [-0.05, 0) is 53.1 Å². The zero-order valence-corrected chi connectivity index (χ0v) is 16.4. The van der Waals surface area contributed by atoms with Crippen molar-refractivity contribution in [3.8, 4) is 0 Å². The predicted molar refractivity (Wildman–Crippen MR) is 110 cm³/mol. The number of alkyl halides is 3. The van der Waals surface area contributed by atoms with Crippen molar-refractivity contribution in [3.05, 3.63) is 93.5 Å².